The second-order valence-corrected chi connectivity index (χ2v) is 5.60. The third-order valence-electron chi connectivity index (χ3n) is 4.12. The minimum absolute atomic E-state index is 0.0419. The molecule has 114 valence electrons. The monoisotopic (exact) mass is 304 g/mol. The summed E-state index contributed by atoms with van der Waals surface area (Å²) in [7, 11) is 0. The minimum Gasteiger partial charge on any atom is -0.356 e. The van der Waals surface area contributed by atoms with Crippen molar-refractivity contribution >= 4 is 28.6 Å². The molecule has 0 saturated heterocycles. The maximum absolute atomic E-state index is 12.8. The molecule has 0 unspecified atom stereocenters. The summed E-state index contributed by atoms with van der Waals surface area (Å²) in [5.74, 6) is 0.0419. The second-order valence-electron chi connectivity index (χ2n) is 5.60. The van der Waals surface area contributed by atoms with Crippen molar-refractivity contribution in [3.05, 3.63) is 65.9 Å². The molecule has 0 spiro atoms. The molecule has 4 heteroatoms. The van der Waals surface area contributed by atoms with Gasteiger partial charge in [-0.2, -0.15) is 0 Å². The Labute approximate surface area is 134 Å². The van der Waals surface area contributed by atoms with Crippen molar-refractivity contribution in [2.24, 2.45) is 0 Å². The van der Waals surface area contributed by atoms with E-state index in [1.165, 1.54) is 0 Å². The first-order chi connectivity index (χ1) is 11.3. The number of carbonyl (C=O) groups is 1. The van der Waals surface area contributed by atoms with Gasteiger partial charge in [0.05, 0.1) is 12.1 Å². The van der Waals surface area contributed by atoms with Crippen molar-refractivity contribution in [2.75, 3.05) is 11.4 Å². The van der Waals surface area contributed by atoms with E-state index in [4.69, 9.17) is 4.52 Å². The summed E-state index contributed by atoms with van der Waals surface area (Å²) < 4.78 is 5.30. The van der Waals surface area contributed by atoms with E-state index in [9.17, 15) is 4.79 Å². The predicted molar refractivity (Wildman–Crippen MR) is 90.2 cm³/mol. The maximum Gasteiger partial charge on any atom is 0.233 e. The molecular weight excluding hydrogens is 288 g/mol. The standard InChI is InChI=1S/C19H16N2O2/c22-19(13-16-15-9-2-4-11-18(15)23-20-16)21-12-6-5-8-14-7-1-3-10-17(14)21/h1-5,7-11H,6,12-13H2. The number of nitrogens with zero attached hydrogens (tertiary/aromatic N) is 2. The number of rotatable bonds is 2. The van der Waals surface area contributed by atoms with E-state index in [1.807, 2.05) is 53.4 Å². The third-order valence-corrected chi connectivity index (χ3v) is 4.12. The van der Waals surface area contributed by atoms with Crippen LogP contribution in [0.2, 0.25) is 0 Å². The molecule has 1 aliphatic rings. The number of hydrogen-bond acceptors (Lipinski definition) is 3. The van der Waals surface area contributed by atoms with Crippen LogP contribution in [0, 0.1) is 0 Å². The van der Waals surface area contributed by atoms with Crippen LogP contribution in [-0.2, 0) is 11.2 Å². The van der Waals surface area contributed by atoms with Crippen LogP contribution in [0.3, 0.4) is 0 Å². The molecule has 4 rings (SSSR count). The molecule has 0 bridgehead atoms. The third kappa shape index (κ3) is 2.52. The smallest absolute Gasteiger partial charge is 0.233 e. The quantitative estimate of drug-likeness (QED) is 0.723. The molecule has 0 radical (unpaired) electrons. The molecule has 0 atom stereocenters. The lowest BCUT2D eigenvalue weighted by Gasteiger charge is -2.22. The highest BCUT2D eigenvalue weighted by Gasteiger charge is 2.21. The molecule has 2 aromatic carbocycles. The lowest BCUT2D eigenvalue weighted by atomic mass is 10.1. The first kappa shape index (κ1) is 13.8. The Morgan fingerprint density at radius 2 is 1.96 bits per heavy atom. The highest BCUT2D eigenvalue weighted by atomic mass is 16.5. The van der Waals surface area contributed by atoms with Crippen molar-refractivity contribution in [1.82, 2.24) is 5.16 Å². The van der Waals surface area contributed by atoms with Crippen molar-refractivity contribution in [3.8, 4) is 0 Å². The molecule has 1 amide bonds. The van der Waals surface area contributed by atoms with Crippen molar-refractivity contribution in [3.63, 3.8) is 0 Å². The summed E-state index contributed by atoms with van der Waals surface area (Å²) in [4.78, 5) is 14.7. The number of hydrogen-bond donors (Lipinski definition) is 0. The summed E-state index contributed by atoms with van der Waals surface area (Å²) >= 11 is 0. The van der Waals surface area contributed by atoms with Crippen LogP contribution >= 0.6 is 0 Å². The van der Waals surface area contributed by atoms with E-state index in [0.717, 1.165) is 23.1 Å². The van der Waals surface area contributed by atoms with Crippen LogP contribution in [0.1, 0.15) is 17.7 Å². The highest BCUT2D eigenvalue weighted by molar-refractivity contribution is 5.98. The Morgan fingerprint density at radius 1 is 1.13 bits per heavy atom. The summed E-state index contributed by atoms with van der Waals surface area (Å²) in [6.07, 6.45) is 5.27. The highest BCUT2D eigenvalue weighted by Crippen LogP contribution is 2.26. The van der Waals surface area contributed by atoms with Crippen LogP contribution < -0.4 is 4.90 Å². The number of para-hydroxylation sites is 2. The predicted octanol–water partition coefficient (Wildman–Crippen LogP) is 3.82. The van der Waals surface area contributed by atoms with Crippen LogP contribution in [0.4, 0.5) is 5.69 Å². The van der Waals surface area contributed by atoms with Crippen molar-refractivity contribution < 1.29 is 9.32 Å². The fourth-order valence-corrected chi connectivity index (χ4v) is 2.97. The molecule has 4 nitrogen and oxygen atoms in total. The van der Waals surface area contributed by atoms with Gasteiger partial charge in [-0.05, 0) is 30.2 Å². The first-order valence-electron chi connectivity index (χ1n) is 7.72. The number of carbonyl (C=O) groups excluding carboxylic acids is 1. The lowest BCUT2D eigenvalue weighted by Crippen LogP contribution is -2.33. The number of benzene rings is 2. The number of fused-ring (bicyclic) bond motifs is 2. The van der Waals surface area contributed by atoms with Crippen molar-refractivity contribution in [1.29, 1.82) is 0 Å². The number of amides is 1. The van der Waals surface area contributed by atoms with Gasteiger partial charge >= 0.3 is 0 Å². The molecule has 2 heterocycles. The Hall–Kier alpha value is -2.88. The SMILES string of the molecule is O=C(Cc1noc2ccccc12)N1CCC=Cc2ccccc21. The summed E-state index contributed by atoms with van der Waals surface area (Å²) in [5.41, 5.74) is 3.44. The van der Waals surface area contributed by atoms with Crippen LogP contribution in [0.15, 0.2) is 59.1 Å². The lowest BCUT2D eigenvalue weighted by molar-refractivity contribution is -0.118. The summed E-state index contributed by atoms with van der Waals surface area (Å²) in [6.45, 7) is 0.683. The molecule has 23 heavy (non-hydrogen) atoms. The minimum atomic E-state index is 0.0419. The number of anilines is 1. The van der Waals surface area contributed by atoms with Crippen LogP contribution in [0.5, 0.6) is 0 Å². The van der Waals surface area contributed by atoms with Gasteiger partial charge in [0.25, 0.3) is 0 Å². The van der Waals surface area contributed by atoms with Gasteiger partial charge in [-0.3, -0.25) is 4.79 Å². The fraction of sp³-hybridized carbons (Fsp3) is 0.158. The van der Waals surface area contributed by atoms with Gasteiger partial charge < -0.3 is 9.42 Å². The second kappa shape index (κ2) is 5.72. The van der Waals surface area contributed by atoms with Gasteiger partial charge in [-0.15, -0.1) is 0 Å². The van der Waals surface area contributed by atoms with Gasteiger partial charge in [0.1, 0.15) is 5.69 Å². The average molecular weight is 304 g/mol. The summed E-state index contributed by atoms with van der Waals surface area (Å²) in [5, 5.41) is 4.98. The normalized spacial score (nSPS) is 13.8. The van der Waals surface area contributed by atoms with Crippen molar-refractivity contribution in [2.45, 2.75) is 12.8 Å². The maximum atomic E-state index is 12.8. The van der Waals surface area contributed by atoms with Gasteiger partial charge in [0.15, 0.2) is 5.58 Å². The van der Waals surface area contributed by atoms with Gasteiger partial charge in [0.2, 0.25) is 5.91 Å². The molecule has 1 aromatic heterocycles. The van der Waals surface area contributed by atoms with E-state index in [-0.39, 0.29) is 12.3 Å². The average Bonchev–Trinajstić information content (AvgIpc) is 2.86. The molecule has 0 N–H and O–H groups in total. The first-order valence-corrected chi connectivity index (χ1v) is 7.72. The Morgan fingerprint density at radius 3 is 2.91 bits per heavy atom. The molecule has 0 aliphatic carbocycles. The largest absolute Gasteiger partial charge is 0.356 e. The van der Waals surface area contributed by atoms with Crippen LogP contribution in [-0.4, -0.2) is 17.6 Å². The number of aromatic nitrogens is 1. The molecule has 3 aromatic rings. The fourth-order valence-electron chi connectivity index (χ4n) is 2.97. The van der Waals surface area contributed by atoms with E-state index < -0.39 is 0 Å². The van der Waals surface area contributed by atoms with Gasteiger partial charge in [-0.1, -0.05) is 47.6 Å². The van der Waals surface area contributed by atoms with Crippen LogP contribution in [0.25, 0.3) is 17.0 Å². The summed E-state index contributed by atoms with van der Waals surface area (Å²) in [6, 6.07) is 15.6. The van der Waals surface area contributed by atoms with Gasteiger partial charge in [-0.25, -0.2) is 0 Å². The molecule has 1 aliphatic heterocycles. The van der Waals surface area contributed by atoms with E-state index in [2.05, 4.69) is 17.3 Å². The Balaban J connectivity index is 1.65. The molecule has 0 saturated carbocycles. The van der Waals surface area contributed by atoms with E-state index in [1.54, 1.807) is 0 Å². The zero-order valence-electron chi connectivity index (χ0n) is 12.6. The Kier molecular flexibility index (Phi) is 3.42. The zero-order valence-corrected chi connectivity index (χ0v) is 12.6. The topological polar surface area (TPSA) is 46.3 Å². The molecular formula is C19H16N2O2. The Bertz CT molecular complexity index is 895. The van der Waals surface area contributed by atoms with Gasteiger partial charge in [0, 0.05) is 11.9 Å². The van der Waals surface area contributed by atoms with E-state index >= 15 is 0 Å². The molecule has 0 fully saturated rings. The zero-order chi connectivity index (χ0) is 15.6. The van der Waals surface area contributed by atoms with E-state index in [0.29, 0.717) is 17.8 Å².